The van der Waals surface area contributed by atoms with E-state index in [4.69, 9.17) is 4.42 Å². The van der Waals surface area contributed by atoms with Gasteiger partial charge in [0.05, 0.1) is 12.0 Å². The lowest BCUT2D eigenvalue weighted by atomic mass is 10.2. The summed E-state index contributed by atoms with van der Waals surface area (Å²) >= 11 is 0. The second kappa shape index (κ2) is 4.70. The van der Waals surface area contributed by atoms with Crippen molar-refractivity contribution in [2.24, 2.45) is 0 Å². The summed E-state index contributed by atoms with van der Waals surface area (Å²) in [5.74, 6) is -0.490. The number of aryl methyl sites for hydroxylation is 1. The van der Waals surface area contributed by atoms with E-state index in [1.807, 2.05) is 31.2 Å². The van der Waals surface area contributed by atoms with E-state index in [1.54, 1.807) is 12.1 Å². The van der Waals surface area contributed by atoms with Crippen molar-refractivity contribution in [1.82, 2.24) is 9.78 Å². The van der Waals surface area contributed by atoms with Crippen molar-refractivity contribution in [2.75, 3.05) is 0 Å². The molecule has 20 heavy (non-hydrogen) atoms. The van der Waals surface area contributed by atoms with Gasteiger partial charge in [-0.15, -0.1) is 0 Å². The Labute approximate surface area is 115 Å². The molecule has 3 aromatic rings. The zero-order valence-electron chi connectivity index (χ0n) is 10.8. The minimum atomic E-state index is -1.03. The van der Waals surface area contributed by atoms with Gasteiger partial charge in [-0.1, -0.05) is 12.1 Å². The summed E-state index contributed by atoms with van der Waals surface area (Å²) in [6, 6.07) is 12.5. The van der Waals surface area contributed by atoms with Crippen LogP contribution in [0.2, 0.25) is 0 Å². The van der Waals surface area contributed by atoms with Crippen LogP contribution in [0, 0.1) is 6.92 Å². The first-order valence-corrected chi connectivity index (χ1v) is 6.09. The first kappa shape index (κ1) is 12.2. The van der Waals surface area contributed by atoms with Crippen LogP contribution < -0.4 is 0 Å². The lowest BCUT2D eigenvalue weighted by Gasteiger charge is -2.04. The second-order valence-corrected chi connectivity index (χ2v) is 4.45. The molecule has 0 bridgehead atoms. The number of furan rings is 1. The Morgan fingerprint density at radius 3 is 2.75 bits per heavy atom. The summed E-state index contributed by atoms with van der Waals surface area (Å²) in [6.45, 7) is 1.95. The summed E-state index contributed by atoms with van der Waals surface area (Å²) < 4.78 is 6.67. The predicted molar refractivity (Wildman–Crippen MR) is 73.0 cm³/mol. The van der Waals surface area contributed by atoms with Crippen molar-refractivity contribution < 1.29 is 14.3 Å². The maximum atomic E-state index is 11.4. The molecule has 0 aliphatic carbocycles. The van der Waals surface area contributed by atoms with E-state index in [0.717, 1.165) is 5.56 Å². The number of hydrogen-bond donors (Lipinski definition) is 1. The number of carbonyl (C=O) groups is 1. The Morgan fingerprint density at radius 2 is 2.10 bits per heavy atom. The van der Waals surface area contributed by atoms with Crippen LogP contribution in [-0.2, 0) is 0 Å². The zero-order chi connectivity index (χ0) is 14.1. The van der Waals surface area contributed by atoms with Gasteiger partial charge in [-0.25, -0.2) is 9.48 Å². The first-order valence-electron chi connectivity index (χ1n) is 6.09. The van der Waals surface area contributed by atoms with Gasteiger partial charge in [0.25, 0.3) is 0 Å². The molecular weight excluding hydrogens is 256 g/mol. The third-order valence-electron chi connectivity index (χ3n) is 2.95. The summed E-state index contributed by atoms with van der Waals surface area (Å²) in [5.41, 5.74) is 2.34. The van der Waals surface area contributed by atoms with Crippen LogP contribution in [0.25, 0.3) is 17.1 Å². The van der Waals surface area contributed by atoms with Gasteiger partial charge in [-0.3, -0.25) is 0 Å². The molecule has 0 aliphatic heterocycles. The molecule has 1 aromatic carbocycles. The monoisotopic (exact) mass is 268 g/mol. The molecule has 0 atom stereocenters. The maximum absolute atomic E-state index is 11.4. The van der Waals surface area contributed by atoms with Gasteiger partial charge in [0, 0.05) is 6.07 Å². The van der Waals surface area contributed by atoms with Crippen molar-refractivity contribution in [2.45, 2.75) is 6.92 Å². The molecule has 2 aromatic heterocycles. The Hall–Kier alpha value is -2.82. The maximum Gasteiger partial charge on any atom is 0.354 e. The molecule has 0 saturated heterocycles. The highest BCUT2D eigenvalue weighted by molar-refractivity contribution is 5.87. The molecule has 0 amide bonds. The number of hydrogen-bond acceptors (Lipinski definition) is 3. The highest BCUT2D eigenvalue weighted by Gasteiger charge is 2.17. The van der Waals surface area contributed by atoms with E-state index in [-0.39, 0.29) is 5.69 Å². The molecular formula is C15H12N2O3. The molecule has 2 heterocycles. The minimum Gasteiger partial charge on any atom is -0.477 e. The molecule has 0 saturated carbocycles. The number of aromatic carboxylic acids is 1. The Kier molecular flexibility index (Phi) is 2.87. The Balaban J connectivity index is 2.17. The van der Waals surface area contributed by atoms with Crippen molar-refractivity contribution in [3.8, 4) is 17.1 Å². The van der Waals surface area contributed by atoms with E-state index < -0.39 is 5.97 Å². The van der Waals surface area contributed by atoms with E-state index in [9.17, 15) is 9.90 Å². The van der Waals surface area contributed by atoms with Gasteiger partial charge in [0.2, 0.25) is 0 Å². The van der Waals surface area contributed by atoms with Gasteiger partial charge in [0.15, 0.2) is 11.5 Å². The number of nitrogens with zero attached hydrogens (tertiary/aromatic N) is 2. The fraction of sp³-hybridized carbons (Fsp3) is 0.0667. The van der Waals surface area contributed by atoms with Crippen molar-refractivity contribution >= 4 is 5.97 Å². The van der Waals surface area contributed by atoms with Crippen LogP contribution in [0.5, 0.6) is 0 Å². The van der Waals surface area contributed by atoms with Crippen molar-refractivity contribution in [3.05, 3.63) is 60.0 Å². The lowest BCUT2D eigenvalue weighted by molar-refractivity contribution is 0.0687. The highest BCUT2D eigenvalue weighted by Crippen LogP contribution is 2.22. The van der Waals surface area contributed by atoms with Gasteiger partial charge in [-0.2, -0.15) is 5.10 Å². The van der Waals surface area contributed by atoms with Crippen LogP contribution in [0.15, 0.2) is 53.1 Å². The smallest absolute Gasteiger partial charge is 0.354 e. The standard InChI is InChI=1S/C15H12N2O3/c1-10-4-2-5-11(8-10)17-13(15(18)19)9-12(16-17)14-6-3-7-20-14/h2-9H,1H3,(H,18,19). The van der Waals surface area contributed by atoms with Crippen LogP contribution in [0.4, 0.5) is 0 Å². The molecule has 0 unspecified atom stereocenters. The average molecular weight is 268 g/mol. The summed E-state index contributed by atoms with van der Waals surface area (Å²) in [7, 11) is 0. The fourth-order valence-electron chi connectivity index (χ4n) is 2.03. The molecule has 0 spiro atoms. The number of carboxylic acids is 1. The lowest BCUT2D eigenvalue weighted by Crippen LogP contribution is -2.07. The zero-order valence-corrected chi connectivity index (χ0v) is 10.8. The topological polar surface area (TPSA) is 68.3 Å². The van der Waals surface area contributed by atoms with Crippen molar-refractivity contribution in [1.29, 1.82) is 0 Å². The molecule has 5 heteroatoms. The quantitative estimate of drug-likeness (QED) is 0.792. The number of rotatable bonds is 3. The van der Waals surface area contributed by atoms with Crippen LogP contribution in [0.3, 0.4) is 0 Å². The van der Waals surface area contributed by atoms with Gasteiger partial charge in [0.1, 0.15) is 5.69 Å². The van der Waals surface area contributed by atoms with Crippen LogP contribution in [0.1, 0.15) is 16.1 Å². The van der Waals surface area contributed by atoms with Gasteiger partial charge >= 0.3 is 5.97 Å². The number of aromatic nitrogens is 2. The largest absolute Gasteiger partial charge is 0.477 e. The molecule has 3 rings (SSSR count). The molecule has 5 nitrogen and oxygen atoms in total. The summed E-state index contributed by atoms with van der Waals surface area (Å²) in [6.07, 6.45) is 1.53. The molecule has 0 radical (unpaired) electrons. The van der Waals surface area contributed by atoms with Crippen molar-refractivity contribution in [3.63, 3.8) is 0 Å². The SMILES string of the molecule is Cc1cccc(-n2nc(-c3ccco3)cc2C(=O)O)c1. The van der Waals surface area contributed by atoms with E-state index in [2.05, 4.69) is 5.10 Å². The highest BCUT2D eigenvalue weighted by atomic mass is 16.4. The normalized spacial score (nSPS) is 10.7. The average Bonchev–Trinajstić information content (AvgIpc) is 3.08. The fourth-order valence-corrected chi connectivity index (χ4v) is 2.03. The van der Waals surface area contributed by atoms with Gasteiger partial charge in [-0.05, 0) is 36.8 Å². The van der Waals surface area contributed by atoms with E-state index in [1.165, 1.54) is 17.0 Å². The molecule has 100 valence electrons. The summed E-state index contributed by atoms with van der Waals surface area (Å²) in [4.78, 5) is 11.4. The number of carboxylic acid groups (broad SMARTS) is 1. The third kappa shape index (κ3) is 2.09. The molecule has 0 fully saturated rings. The van der Waals surface area contributed by atoms with Crippen LogP contribution >= 0.6 is 0 Å². The minimum absolute atomic E-state index is 0.0991. The van der Waals surface area contributed by atoms with E-state index in [0.29, 0.717) is 17.1 Å². The Bertz CT molecular complexity index is 757. The van der Waals surface area contributed by atoms with Gasteiger partial charge < -0.3 is 9.52 Å². The molecule has 1 N–H and O–H groups in total. The van der Waals surface area contributed by atoms with Crippen LogP contribution in [-0.4, -0.2) is 20.9 Å². The third-order valence-corrected chi connectivity index (χ3v) is 2.95. The second-order valence-electron chi connectivity index (χ2n) is 4.45. The molecule has 0 aliphatic rings. The van der Waals surface area contributed by atoms with E-state index >= 15 is 0 Å². The summed E-state index contributed by atoms with van der Waals surface area (Å²) in [5, 5.41) is 13.6. The Morgan fingerprint density at radius 1 is 1.25 bits per heavy atom. The predicted octanol–water partition coefficient (Wildman–Crippen LogP) is 3.14. The number of benzene rings is 1. The first-order chi connectivity index (χ1) is 9.65.